The van der Waals surface area contributed by atoms with Crippen LogP contribution in [-0.2, 0) is 6.42 Å². The molecule has 17 heavy (non-hydrogen) atoms. The largest absolute Gasteiger partial charge is 0.294 e. The maximum Gasteiger partial charge on any atom is 0.166 e. The third-order valence-electron chi connectivity index (χ3n) is 3.81. The molecule has 2 rings (SSSR count). The Morgan fingerprint density at radius 3 is 2.88 bits per heavy atom. The third-order valence-corrected chi connectivity index (χ3v) is 3.81. The summed E-state index contributed by atoms with van der Waals surface area (Å²) in [5.74, 6) is 0.680. The number of hydrogen-bond acceptors (Lipinski definition) is 1. The molecule has 1 heteroatoms. The Labute approximate surface area is 104 Å². The molecule has 1 atom stereocenters. The standard InChI is InChI=1S/C16H22O/c1-2-3-4-9-14-11-7-10-13-8-5-6-12-15(13)16(14)17/h5-6,8,12,14H,2-4,7,9-11H2,1H3. The molecular weight excluding hydrogens is 208 g/mol. The monoisotopic (exact) mass is 230 g/mol. The summed E-state index contributed by atoms with van der Waals surface area (Å²) >= 11 is 0. The molecule has 0 N–H and O–H groups in total. The number of unbranched alkanes of at least 4 members (excludes halogenated alkanes) is 2. The number of Topliss-reactive ketones (excluding diaryl/α,β-unsaturated/α-hetero) is 1. The maximum absolute atomic E-state index is 12.4. The van der Waals surface area contributed by atoms with E-state index in [9.17, 15) is 4.79 Å². The van der Waals surface area contributed by atoms with Crippen LogP contribution in [0.4, 0.5) is 0 Å². The molecule has 0 amide bonds. The molecule has 0 aliphatic heterocycles. The van der Waals surface area contributed by atoms with Crippen molar-refractivity contribution < 1.29 is 4.79 Å². The van der Waals surface area contributed by atoms with E-state index in [0.29, 0.717) is 5.78 Å². The van der Waals surface area contributed by atoms with Crippen LogP contribution in [0.5, 0.6) is 0 Å². The lowest BCUT2D eigenvalue weighted by Gasteiger charge is -2.13. The van der Waals surface area contributed by atoms with Gasteiger partial charge in [0.1, 0.15) is 0 Å². The Hall–Kier alpha value is -1.11. The van der Waals surface area contributed by atoms with Crippen molar-refractivity contribution >= 4 is 5.78 Å². The van der Waals surface area contributed by atoms with E-state index in [2.05, 4.69) is 13.0 Å². The minimum Gasteiger partial charge on any atom is -0.294 e. The number of hydrogen-bond donors (Lipinski definition) is 0. The van der Waals surface area contributed by atoms with Crippen LogP contribution < -0.4 is 0 Å². The van der Waals surface area contributed by atoms with Crippen molar-refractivity contribution in [3.63, 3.8) is 0 Å². The molecule has 0 saturated carbocycles. The van der Waals surface area contributed by atoms with E-state index in [-0.39, 0.29) is 5.92 Å². The normalized spacial score (nSPS) is 19.8. The molecule has 0 saturated heterocycles. The molecule has 1 aliphatic rings. The van der Waals surface area contributed by atoms with E-state index in [1.54, 1.807) is 0 Å². The van der Waals surface area contributed by atoms with Gasteiger partial charge in [0.15, 0.2) is 5.78 Å². The topological polar surface area (TPSA) is 17.1 Å². The van der Waals surface area contributed by atoms with Gasteiger partial charge in [-0.05, 0) is 31.2 Å². The summed E-state index contributed by atoms with van der Waals surface area (Å²) in [5.41, 5.74) is 2.25. The van der Waals surface area contributed by atoms with Crippen molar-refractivity contribution in [1.29, 1.82) is 0 Å². The predicted octanol–water partition coefficient (Wildman–Crippen LogP) is 4.40. The number of aryl methyl sites for hydroxylation is 1. The molecule has 0 fully saturated rings. The van der Waals surface area contributed by atoms with Crippen LogP contribution in [-0.4, -0.2) is 5.78 Å². The summed E-state index contributed by atoms with van der Waals surface area (Å²) in [6, 6.07) is 8.16. The Balaban J connectivity index is 2.09. The van der Waals surface area contributed by atoms with Gasteiger partial charge in [-0.15, -0.1) is 0 Å². The summed E-state index contributed by atoms with van der Waals surface area (Å²) in [7, 11) is 0. The average molecular weight is 230 g/mol. The highest BCUT2D eigenvalue weighted by molar-refractivity contribution is 5.99. The first-order valence-electron chi connectivity index (χ1n) is 6.95. The minimum absolute atomic E-state index is 0.283. The van der Waals surface area contributed by atoms with Gasteiger partial charge < -0.3 is 0 Å². The Bertz CT molecular complexity index is 381. The molecule has 1 aliphatic carbocycles. The first-order valence-corrected chi connectivity index (χ1v) is 6.95. The van der Waals surface area contributed by atoms with E-state index in [4.69, 9.17) is 0 Å². The lowest BCUT2D eigenvalue weighted by atomic mass is 9.90. The van der Waals surface area contributed by atoms with E-state index < -0.39 is 0 Å². The van der Waals surface area contributed by atoms with E-state index in [1.165, 1.54) is 31.2 Å². The van der Waals surface area contributed by atoms with Gasteiger partial charge in [-0.1, -0.05) is 50.5 Å². The fourth-order valence-corrected chi connectivity index (χ4v) is 2.78. The summed E-state index contributed by atoms with van der Waals surface area (Å²) in [4.78, 5) is 12.4. The fraction of sp³-hybridized carbons (Fsp3) is 0.562. The molecule has 1 unspecified atom stereocenters. The van der Waals surface area contributed by atoms with Crippen LogP contribution in [0.1, 0.15) is 61.4 Å². The highest BCUT2D eigenvalue weighted by atomic mass is 16.1. The van der Waals surface area contributed by atoms with Crippen molar-refractivity contribution in [3.8, 4) is 0 Å². The van der Waals surface area contributed by atoms with Crippen LogP contribution >= 0.6 is 0 Å². The van der Waals surface area contributed by atoms with E-state index >= 15 is 0 Å². The van der Waals surface area contributed by atoms with Gasteiger partial charge in [-0.2, -0.15) is 0 Å². The van der Waals surface area contributed by atoms with Gasteiger partial charge in [0.2, 0.25) is 0 Å². The zero-order valence-electron chi connectivity index (χ0n) is 10.7. The lowest BCUT2D eigenvalue weighted by molar-refractivity contribution is 0.0907. The number of carbonyl (C=O) groups excluding carboxylic acids is 1. The molecule has 0 bridgehead atoms. The molecule has 0 heterocycles. The van der Waals surface area contributed by atoms with Crippen molar-refractivity contribution in [2.75, 3.05) is 0 Å². The van der Waals surface area contributed by atoms with Crippen LogP contribution in [0.25, 0.3) is 0 Å². The highest BCUT2D eigenvalue weighted by Gasteiger charge is 2.24. The van der Waals surface area contributed by atoms with Crippen LogP contribution in [0, 0.1) is 5.92 Å². The number of fused-ring (bicyclic) bond motifs is 1. The van der Waals surface area contributed by atoms with Gasteiger partial charge in [-0.3, -0.25) is 4.79 Å². The van der Waals surface area contributed by atoms with Crippen molar-refractivity contribution in [2.24, 2.45) is 5.92 Å². The van der Waals surface area contributed by atoms with E-state index in [0.717, 1.165) is 24.8 Å². The smallest absolute Gasteiger partial charge is 0.166 e. The van der Waals surface area contributed by atoms with Crippen molar-refractivity contribution in [3.05, 3.63) is 35.4 Å². The number of carbonyl (C=O) groups is 1. The van der Waals surface area contributed by atoms with Crippen molar-refractivity contribution in [1.82, 2.24) is 0 Å². The predicted molar refractivity (Wildman–Crippen MR) is 71.3 cm³/mol. The number of rotatable bonds is 4. The summed E-state index contributed by atoms with van der Waals surface area (Å²) in [6.45, 7) is 2.21. The first kappa shape index (κ1) is 12.3. The molecular formula is C16H22O. The van der Waals surface area contributed by atoms with Crippen LogP contribution in [0.2, 0.25) is 0 Å². The average Bonchev–Trinajstić information content (AvgIpc) is 2.51. The van der Waals surface area contributed by atoms with Crippen LogP contribution in [0.3, 0.4) is 0 Å². The number of ketones is 1. The molecule has 0 spiro atoms. The van der Waals surface area contributed by atoms with E-state index in [1.807, 2.05) is 18.2 Å². The van der Waals surface area contributed by atoms with Gasteiger partial charge >= 0.3 is 0 Å². The second kappa shape index (κ2) is 6.00. The quantitative estimate of drug-likeness (QED) is 0.553. The van der Waals surface area contributed by atoms with Gasteiger partial charge in [0.25, 0.3) is 0 Å². The summed E-state index contributed by atoms with van der Waals surface area (Å²) < 4.78 is 0. The minimum atomic E-state index is 0.283. The molecule has 0 radical (unpaired) electrons. The second-order valence-electron chi connectivity index (χ2n) is 5.11. The van der Waals surface area contributed by atoms with Gasteiger partial charge in [0, 0.05) is 11.5 Å². The molecule has 1 aromatic rings. The third kappa shape index (κ3) is 2.96. The lowest BCUT2D eigenvalue weighted by Crippen LogP contribution is -2.14. The van der Waals surface area contributed by atoms with Crippen LogP contribution in [0.15, 0.2) is 24.3 Å². The zero-order valence-corrected chi connectivity index (χ0v) is 10.7. The Kier molecular flexibility index (Phi) is 4.36. The highest BCUT2D eigenvalue weighted by Crippen LogP contribution is 2.27. The Morgan fingerprint density at radius 2 is 2.06 bits per heavy atom. The summed E-state index contributed by atoms with van der Waals surface area (Å²) in [5, 5.41) is 0. The summed E-state index contributed by atoms with van der Waals surface area (Å²) in [6.07, 6.45) is 8.10. The zero-order chi connectivity index (χ0) is 12.1. The SMILES string of the molecule is CCCCCC1CCCc2ccccc2C1=O. The second-order valence-corrected chi connectivity index (χ2v) is 5.11. The molecule has 92 valence electrons. The van der Waals surface area contributed by atoms with Crippen molar-refractivity contribution in [2.45, 2.75) is 51.9 Å². The Morgan fingerprint density at radius 1 is 1.24 bits per heavy atom. The fourth-order valence-electron chi connectivity index (χ4n) is 2.78. The van der Waals surface area contributed by atoms with Gasteiger partial charge in [0.05, 0.1) is 0 Å². The van der Waals surface area contributed by atoms with Gasteiger partial charge in [-0.25, -0.2) is 0 Å². The first-order chi connectivity index (χ1) is 8.33. The molecule has 1 aromatic carbocycles. The number of benzene rings is 1. The molecule has 0 aromatic heterocycles. The maximum atomic E-state index is 12.4. The molecule has 1 nitrogen and oxygen atoms in total.